The number of carboxylic acids is 1. The number of anilines is 1. The van der Waals surface area contributed by atoms with E-state index in [0.29, 0.717) is 5.13 Å². The monoisotopic (exact) mass is 271 g/mol. The van der Waals surface area contributed by atoms with Gasteiger partial charge < -0.3 is 15.2 Å². The molecule has 2 heterocycles. The number of thiazole rings is 1. The number of carbonyl (C=O) groups excluding carboxylic acids is 1. The first-order valence-electron chi connectivity index (χ1n) is 5.36. The topological polar surface area (TPSA) is 101 Å². The van der Waals surface area contributed by atoms with Crippen molar-refractivity contribution < 1.29 is 19.4 Å². The molecule has 1 aliphatic heterocycles. The molecule has 3 N–H and O–H groups in total. The van der Waals surface area contributed by atoms with Gasteiger partial charge in [-0.05, 0) is 6.92 Å². The standard InChI is InChI=1S/C10H13N3O4S/c1-5-4-18-10(11-5)13-9(16)12-7-3-17-2-6(7)8(14)15/h4,6-7H,2-3H2,1H3,(H,14,15)(H2,11,12,13,16). The number of amides is 2. The molecule has 7 nitrogen and oxygen atoms in total. The van der Waals surface area contributed by atoms with Crippen LogP contribution < -0.4 is 10.6 Å². The van der Waals surface area contributed by atoms with Gasteiger partial charge in [-0.25, -0.2) is 9.78 Å². The second kappa shape index (κ2) is 5.32. The lowest BCUT2D eigenvalue weighted by atomic mass is 10.0. The molecule has 0 bridgehead atoms. The fourth-order valence-corrected chi connectivity index (χ4v) is 2.34. The summed E-state index contributed by atoms with van der Waals surface area (Å²) < 4.78 is 5.05. The Labute approximate surface area is 107 Å². The zero-order valence-electron chi connectivity index (χ0n) is 9.67. The van der Waals surface area contributed by atoms with Gasteiger partial charge in [0.05, 0.1) is 24.9 Å². The molecule has 0 radical (unpaired) electrons. The molecule has 0 saturated carbocycles. The molecule has 8 heteroatoms. The molecule has 1 aliphatic rings. The lowest BCUT2D eigenvalue weighted by Crippen LogP contribution is -2.44. The SMILES string of the molecule is Cc1csc(NC(=O)NC2COCC2C(=O)O)n1. The largest absolute Gasteiger partial charge is 0.481 e. The second-order valence-corrected chi connectivity index (χ2v) is 4.84. The third-order valence-electron chi connectivity index (χ3n) is 2.55. The van der Waals surface area contributed by atoms with Crippen LogP contribution in [0.3, 0.4) is 0 Å². The lowest BCUT2D eigenvalue weighted by molar-refractivity contribution is -0.142. The number of rotatable bonds is 3. The Hall–Kier alpha value is -1.67. The molecule has 2 amide bonds. The van der Waals surface area contributed by atoms with Crippen LogP contribution in [0, 0.1) is 12.8 Å². The molecule has 0 aromatic carbocycles. The molecule has 0 aliphatic carbocycles. The normalized spacial score (nSPS) is 22.7. The molecule has 2 atom stereocenters. The van der Waals surface area contributed by atoms with Crippen LogP contribution in [-0.2, 0) is 9.53 Å². The lowest BCUT2D eigenvalue weighted by Gasteiger charge is -2.15. The summed E-state index contributed by atoms with van der Waals surface area (Å²) in [6.45, 7) is 2.16. The Kier molecular flexibility index (Phi) is 3.78. The van der Waals surface area contributed by atoms with Crippen molar-refractivity contribution in [3.8, 4) is 0 Å². The van der Waals surface area contributed by atoms with E-state index in [-0.39, 0.29) is 13.2 Å². The number of nitrogens with one attached hydrogen (secondary N) is 2. The van der Waals surface area contributed by atoms with Gasteiger partial charge in [-0.1, -0.05) is 0 Å². The molecule has 18 heavy (non-hydrogen) atoms. The van der Waals surface area contributed by atoms with Crippen LogP contribution in [0.5, 0.6) is 0 Å². The van der Waals surface area contributed by atoms with Crippen molar-refractivity contribution in [2.45, 2.75) is 13.0 Å². The van der Waals surface area contributed by atoms with Crippen molar-refractivity contribution in [1.29, 1.82) is 0 Å². The minimum absolute atomic E-state index is 0.122. The smallest absolute Gasteiger partial charge is 0.321 e. The predicted octanol–water partition coefficient (Wildman–Crippen LogP) is 0.673. The van der Waals surface area contributed by atoms with E-state index in [1.807, 2.05) is 12.3 Å². The van der Waals surface area contributed by atoms with Gasteiger partial charge in [0.1, 0.15) is 5.92 Å². The summed E-state index contributed by atoms with van der Waals surface area (Å²) in [7, 11) is 0. The maximum Gasteiger partial charge on any atom is 0.321 e. The van der Waals surface area contributed by atoms with Gasteiger partial charge >= 0.3 is 12.0 Å². The van der Waals surface area contributed by atoms with E-state index in [4.69, 9.17) is 9.84 Å². The molecule has 1 saturated heterocycles. The summed E-state index contributed by atoms with van der Waals surface area (Å²) >= 11 is 1.31. The first kappa shape index (κ1) is 12.8. The average Bonchev–Trinajstić information content (AvgIpc) is 2.87. The quantitative estimate of drug-likeness (QED) is 0.750. The van der Waals surface area contributed by atoms with E-state index in [9.17, 15) is 9.59 Å². The minimum atomic E-state index is -0.970. The van der Waals surface area contributed by atoms with E-state index in [2.05, 4.69) is 15.6 Å². The van der Waals surface area contributed by atoms with Crippen molar-refractivity contribution >= 4 is 28.5 Å². The molecule has 1 fully saturated rings. The van der Waals surface area contributed by atoms with Crippen molar-refractivity contribution in [3.05, 3.63) is 11.1 Å². The van der Waals surface area contributed by atoms with Crippen LogP contribution >= 0.6 is 11.3 Å². The van der Waals surface area contributed by atoms with Crippen molar-refractivity contribution in [3.63, 3.8) is 0 Å². The highest BCUT2D eigenvalue weighted by atomic mass is 32.1. The Balaban J connectivity index is 1.89. The maximum atomic E-state index is 11.6. The first-order valence-corrected chi connectivity index (χ1v) is 6.24. The third-order valence-corrected chi connectivity index (χ3v) is 3.43. The molecule has 1 aromatic heterocycles. The number of aromatic nitrogens is 1. The summed E-state index contributed by atoms with van der Waals surface area (Å²) in [5.74, 6) is -1.67. The van der Waals surface area contributed by atoms with Gasteiger partial charge in [0.15, 0.2) is 5.13 Å². The van der Waals surface area contributed by atoms with Gasteiger partial charge in [0.25, 0.3) is 0 Å². The maximum absolute atomic E-state index is 11.6. The van der Waals surface area contributed by atoms with Crippen LogP contribution in [0.4, 0.5) is 9.93 Å². The second-order valence-electron chi connectivity index (χ2n) is 3.98. The zero-order valence-corrected chi connectivity index (χ0v) is 10.5. The Morgan fingerprint density at radius 1 is 1.56 bits per heavy atom. The Bertz CT molecular complexity index is 462. The summed E-state index contributed by atoms with van der Waals surface area (Å²) in [6, 6.07) is -0.977. The number of hydrogen-bond acceptors (Lipinski definition) is 5. The zero-order chi connectivity index (χ0) is 13.1. The molecule has 0 spiro atoms. The van der Waals surface area contributed by atoms with Crippen molar-refractivity contribution in [2.24, 2.45) is 5.92 Å². The fourth-order valence-electron chi connectivity index (χ4n) is 1.65. The summed E-state index contributed by atoms with van der Waals surface area (Å²) in [5.41, 5.74) is 0.822. The van der Waals surface area contributed by atoms with Crippen LogP contribution in [0.2, 0.25) is 0 Å². The molecular formula is C10H13N3O4S. The summed E-state index contributed by atoms with van der Waals surface area (Å²) in [5, 5.41) is 16.4. The van der Waals surface area contributed by atoms with Gasteiger partial charge in [0.2, 0.25) is 0 Å². The van der Waals surface area contributed by atoms with Gasteiger partial charge in [-0.2, -0.15) is 0 Å². The molecular weight excluding hydrogens is 258 g/mol. The highest BCUT2D eigenvalue weighted by Crippen LogP contribution is 2.16. The van der Waals surface area contributed by atoms with Crippen molar-refractivity contribution in [2.75, 3.05) is 18.5 Å². The van der Waals surface area contributed by atoms with E-state index >= 15 is 0 Å². The minimum Gasteiger partial charge on any atom is -0.481 e. The molecule has 1 aromatic rings. The van der Waals surface area contributed by atoms with E-state index < -0.39 is 24.0 Å². The predicted molar refractivity (Wildman–Crippen MR) is 64.7 cm³/mol. The average molecular weight is 271 g/mol. The number of carboxylic acid groups (broad SMARTS) is 1. The van der Waals surface area contributed by atoms with Crippen LogP contribution in [0.25, 0.3) is 0 Å². The number of aryl methyl sites for hydroxylation is 1. The summed E-state index contributed by atoms with van der Waals surface area (Å²) in [6.07, 6.45) is 0. The number of ether oxygens (including phenoxy) is 1. The van der Waals surface area contributed by atoms with E-state index in [1.165, 1.54) is 11.3 Å². The van der Waals surface area contributed by atoms with Crippen LogP contribution in [0.15, 0.2) is 5.38 Å². The van der Waals surface area contributed by atoms with Gasteiger partial charge in [0, 0.05) is 5.38 Å². The highest BCUT2D eigenvalue weighted by Gasteiger charge is 2.35. The molecule has 2 unspecified atom stereocenters. The summed E-state index contributed by atoms with van der Waals surface area (Å²) in [4.78, 5) is 26.6. The number of urea groups is 1. The molecule has 2 rings (SSSR count). The number of nitrogens with zero attached hydrogens (tertiary/aromatic N) is 1. The van der Waals surface area contributed by atoms with E-state index in [0.717, 1.165) is 5.69 Å². The van der Waals surface area contributed by atoms with Crippen molar-refractivity contribution in [1.82, 2.24) is 10.3 Å². The van der Waals surface area contributed by atoms with E-state index in [1.54, 1.807) is 0 Å². The Morgan fingerprint density at radius 3 is 2.94 bits per heavy atom. The number of carbonyl (C=O) groups is 2. The first-order chi connectivity index (χ1) is 8.56. The van der Waals surface area contributed by atoms with Crippen LogP contribution in [-0.4, -0.2) is 41.3 Å². The Morgan fingerprint density at radius 2 is 2.33 bits per heavy atom. The van der Waals surface area contributed by atoms with Gasteiger partial charge in [-0.3, -0.25) is 10.1 Å². The van der Waals surface area contributed by atoms with Gasteiger partial charge in [-0.15, -0.1) is 11.3 Å². The highest BCUT2D eigenvalue weighted by molar-refractivity contribution is 7.13. The fraction of sp³-hybridized carbons (Fsp3) is 0.500. The molecule has 98 valence electrons. The number of hydrogen-bond donors (Lipinski definition) is 3. The third kappa shape index (κ3) is 2.96. The van der Waals surface area contributed by atoms with Crippen LogP contribution in [0.1, 0.15) is 5.69 Å². The number of aliphatic carboxylic acids is 1.